The van der Waals surface area contributed by atoms with Gasteiger partial charge in [-0.1, -0.05) is 109 Å². The van der Waals surface area contributed by atoms with Crippen molar-refractivity contribution in [1.29, 1.82) is 0 Å². The molecule has 2 aromatic heterocycles. The molecule has 0 spiro atoms. The summed E-state index contributed by atoms with van der Waals surface area (Å²) in [4.78, 5) is 18.4. The summed E-state index contributed by atoms with van der Waals surface area (Å²) in [6, 6.07) is 57.7. The Hall–Kier alpha value is -6.58. The predicted octanol–water partition coefficient (Wildman–Crippen LogP) is 9.20. The van der Waals surface area contributed by atoms with Gasteiger partial charge >= 0.3 is 0 Å². The van der Waals surface area contributed by atoms with E-state index in [1.54, 1.807) is 12.7 Å². The molecule has 0 saturated heterocycles. The molecule has 1 aliphatic heterocycles. The molecule has 264 valence electrons. The molecule has 0 fully saturated rings. The molecule has 8 aromatic carbocycles. The van der Waals surface area contributed by atoms with Crippen LogP contribution in [0.4, 0.5) is 22.7 Å². The highest BCUT2D eigenvalue weighted by Gasteiger charge is 2.29. The predicted molar refractivity (Wildman–Crippen MR) is 238 cm³/mol. The highest BCUT2D eigenvalue weighted by atomic mass is 31.1. The van der Waals surface area contributed by atoms with Crippen molar-refractivity contribution in [3.05, 3.63) is 183 Å². The molecule has 2 unspecified atom stereocenters. The van der Waals surface area contributed by atoms with Crippen molar-refractivity contribution in [3.8, 4) is 0 Å². The van der Waals surface area contributed by atoms with Crippen LogP contribution < -0.4 is 42.5 Å². The number of nitrogens with one attached hydrogen (secondary N) is 2. The first-order valence-electron chi connectivity index (χ1n) is 18.5. The molecule has 3 heterocycles. The Balaban J connectivity index is 1.31. The highest BCUT2D eigenvalue weighted by Crippen LogP contribution is 2.46. The van der Waals surface area contributed by atoms with Gasteiger partial charge in [0.1, 0.15) is 12.7 Å². The van der Waals surface area contributed by atoms with Crippen LogP contribution in [0.25, 0.3) is 43.4 Å². The van der Waals surface area contributed by atoms with E-state index in [-0.39, 0.29) is 0 Å². The number of aromatic nitrogens is 4. The normalized spacial score (nSPS) is 15.1. The fourth-order valence-electron chi connectivity index (χ4n) is 7.89. The van der Waals surface area contributed by atoms with Gasteiger partial charge < -0.3 is 10.6 Å². The van der Waals surface area contributed by atoms with Crippen molar-refractivity contribution in [3.63, 3.8) is 0 Å². The SMILES string of the molecule is c1ccc(P2c3cc4ccccc4cc3Nc3cc4ccccc4cc3P(c3ccccc3)c3cc4cncnc4cc3Nc3cc4ncncc4cc32)cc1. The number of benzene rings is 8. The average Bonchev–Trinajstić information content (AvgIpc) is 3.25. The molecule has 11 rings (SSSR count). The van der Waals surface area contributed by atoms with Crippen molar-refractivity contribution in [2.45, 2.75) is 0 Å². The quantitative estimate of drug-likeness (QED) is 0.172. The minimum atomic E-state index is -1.14. The van der Waals surface area contributed by atoms with Crippen molar-refractivity contribution >= 4 is 114 Å². The van der Waals surface area contributed by atoms with Crippen molar-refractivity contribution in [1.82, 2.24) is 19.9 Å². The van der Waals surface area contributed by atoms with Gasteiger partial charge in [-0.2, -0.15) is 0 Å². The summed E-state index contributed by atoms with van der Waals surface area (Å²) in [5.41, 5.74) is 5.93. The number of hydrogen-bond acceptors (Lipinski definition) is 6. The van der Waals surface area contributed by atoms with Crippen LogP contribution in [0.1, 0.15) is 0 Å². The third kappa shape index (κ3) is 5.74. The van der Waals surface area contributed by atoms with Gasteiger partial charge in [0.05, 0.1) is 11.0 Å². The molecular weight excluding hydrogens is 723 g/mol. The minimum Gasteiger partial charge on any atom is -0.354 e. The van der Waals surface area contributed by atoms with E-state index < -0.39 is 15.8 Å². The van der Waals surface area contributed by atoms with Crippen LogP contribution in [-0.2, 0) is 0 Å². The van der Waals surface area contributed by atoms with Crippen LogP contribution in [0.2, 0.25) is 0 Å². The van der Waals surface area contributed by atoms with Crippen LogP contribution >= 0.6 is 15.8 Å². The fraction of sp³-hybridized carbons (Fsp3) is 0. The first-order valence-corrected chi connectivity index (χ1v) is 21.2. The molecule has 56 heavy (non-hydrogen) atoms. The number of rotatable bonds is 2. The van der Waals surface area contributed by atoms with Crippen molar-refractivity contribution in [2.24, 2.45) is 0 Å². The van der Waals surface area contributed by atoms with Crippen LogP contribution in [0.15, 0.2) is 183 Å². The Labute approximate surface area is 325 Å². The lowest BCUT2D eigenvalue weighted by Crippen LogP contribution is -2.29. The van der Waals surface area contributed by atoms with Gasteiger partial charge in [-0.15, -0.1) is 0 Å². The Morgan fingerprint density at radius 2 is 0.679 bits per heavy atom. The molecule has 0 radical (unpaired) electrons. The summed E-state index contributed by atoms with van der Waals surface area (Å²) in [7, 11) is -2.28. The maximum atomic E-state index is 4.76. The van der Waals surface area contributed by atoms with E-state index in [0.29, 0.717) is 0 Å². The molecule has 1 aliphatic rings. The lowest BCUT2D eigenvalue weighted by Gasteiger charge is -2.30. The van der Waals surface area contributed by atoms with Crippen LogP contribution in [0.5, 0.6) is 0 Å². The van der Waals surface area contributed by atoms with E-state index in [9.17, 15) is 0 Å². The fourth-order valence-corrected chi connectivity index (χ4v) is 13.0. The lowest BCUT2D eigenvalue weighted by molar-refractivity contribution is 1.22. The van der Waals surface area contributed by atoms with E-state index >= 15 is 0 Å². The Kier molecular flexibility index (Phi) is 7.98. The second-order valence-corrected chi connectivity index (χ2v) is 18.2. The molecule has 0 aliphatic carbocycles. The third-order valence-electron chi connectivity index (χ3n) is 10.5. The monoisotopic (exact) mass is 754 g/mol. The van der Waals surface area contributed by atoms with Gasteiger partial charge in [0.2, 0.25) is 0 Å². The van der Waals surface area contributed by atoms with Gasteiger partial charge in [0.25, 0.3) is 0 Å². The molecule has 0 amide bonds. The minimum absolute atomic E-state index is 0.880. The lowest BCUT2D eigenvalue weighted by atomic mass is 10.1. The highest BCUT2D eigenvalue weighted by molar-refractivity contribution is 7.81. The summed E-state index contributed by atoms with van der Waals surface area (Å²) in [6.45, 7) is 0. The zero-order valence-corrected chi connectivity index (χ0v) is 31.8. The maximum Gasteiger partial charge on any atom is 0.116 e. The Morgan fingerprint density at radius 1 is 0.339 bits per heavy atom. The molecule has 0 bridgehead atoms. The van der Waals surface area contributed by atoms with Gasteiger partial charge in [0.15, 0.2) is 0 Å². The first-order chi connectivity index (χ1) is 27.7. The van der Waals surface area contributed by atoms with Gasteiger partial charge in [-0.3, -0.25) is 0 Å². The summed E-state index contributed by atoms with van der Waals surface area (Å²) < 4.78 is 0. The largest absolute Gasteiger partial charge is 0.354 e. The standard InChI is InChI=1S/C48H32N6P2/c1-3-15-37(16-4-1)55-45-21-33-13-9-7-11-31(33)19-41(45)53-42-20-32-12-8-10-14-34(32)22-46(42)56(38-17-5-2-6-18-38)48-24-36-28-50-30-52-40(36)26-44(48)54-43-25-39-35(23-47(43)55)27-49-29-51-39/h1-30,53-54H. The van der Waals surface area contributed by atoms with Crippen LogP contribution in [0, 0.1) is 0 Å². The van der Waals surface area contributed by atoms with E-state index in [2.05, 4.69) is 178 Å². The van der Waals surface area contributed by atoms with Crippen LogP contribution in [-0.4, -0.2) is 19.9 Å². The average molecular weight is 755 g/mol. The number of nitrogens with zero attached hydrogens (tertiary/aromatic N) is 4. The molecule has 2 atom stereocenters. The molecular formula is C48H32N6P2. The molecule has 0 saturated carbocycles. The van der Waals surface area contributed by atoms with Gasteiger partial charge in [0, 0.05) is 67.1 Å². The molecule has 6 nitrogen and oxygen atoms in total. The molecule has 10 aromatic rings. The topological polar surface area (TPSA) is 75.6 Å². The Bertz CT molecular complexity index is 2740. The second kappa shape index (κ2) is 13.6. The van der Waals surface area contributed by atoms with Gasteiger partial charge in [-0.25, -0.2) is 19.9 Å². The Morgan fingerprint density at radius 3 is 1.09 bits per heavy atom. The summed E-state index contributed by atoms with van der Waals surface area (Å²) in [6.07, 6.45) is 7.10. The van der Waals surface area contributed by atoms with E-state index in [0.717, 1.165) is 44.6 Å². The number of anilines is 4. The van der Waals surface area contributed by atoms with Gasteiger partial charge in [-0.05, 0) is 96.5 Å². The maximum absolute atomic E-state index is 4.76. The molecule has 2 N–H and O–H groups in total. The van der Waals surface area contributed by atoms with E-state index in [1.165, 1.54) is 53.4 Å². The van der Waals surface area contributed by atoms with Crippen molar-refractivity contribution < 1.29 is 0 Å². The smallest absolute Gasteiger partial charge is 0.116 e. The number of hydrogen-bond donors (Lipinski definition) is 2. The van der Waals surface area contributed by atoms with Crippen LogP contribution in [0.3, 0.4) is 0 Å². The van der Waals surface area contributed by atoms with E-state index in [1.807, 2.05) is 12.4 Å². The van der Waals surface area contributed by atoms with E-state index in [4.69, 9.17) is 9.97 Å². The zero-order valence-electron chi connectivity index (χ0n) is 30.0. The zero-order chi connectivity index (χ0) is 37.0. The second-order valence-electron chi connectivity index (χ2n) is 13.9. The summed E-state index contributed by atoms with van der Waals surface area (Å²) in [5.74, 6) is 0. The summed E-state index contributed by atoms with van der Waals surface area (Å²) >= 11 is 0. The van der Waals surface area contributed by atoms with Crippen molar-refractivity contribution in [2.75, 3.05) is 10.6 Å². The third-order valence-corrected chi connectivity index (χ3v) is 15.5. The first kappa shape index (κ1) is 32.8. The summed E-state index contributed by atoms with van der Waals surface area (Å²) in [5, 5.41) is 22.3. The molecule has 8 heteroatoms. The number of fused-ring (bicyclic) bond motifs is 8.